The van der Waals surface area contributed by atoms with Crippen LogP contribution in [-0.4, -0.2) is 26.4 Å². The number of H-pyrrole nitrogens is 1. The van der Waals surface area contributed by atoms with E-state index in [4.69, 9.17) is 15.5 Å². The second-order valence-corrected chi connectivity index (χ2v) is 7.07. The minimum atomic E-state index is -0.114. The Hall–Kier alpha value is -3.22. The number of anilines is 1. The number of pyridine rings is 1. The van der Waals surface area contributed by atoms with Crippen LogP contribution in [0, 0.1) is 0 Å². The van der Waals surface area contributed by atoms with Crippen LogP contribution in [0.15, 0.2) is 41.5 Å². The highest BCUT2D eigenvalue weighted by molar-refractivity contribution is 6.05. The number of hydrogen-bond donors (Lipinski definition) is 2. The number of fused-ring (bicyclic) bond motifs is 2. The van der Waals surface area contributed by atoms with Crippen molar-refractivity contribution in [2.75, 3.05) is 12.8 Å². The molecule has 3 aromatic heterocycles. The molecule has 0 fully saturated rings. The number of benzene rings is 1. The fourth-order valence-electron chi connectivity index (χ4n) is 3.58. The number of aryl methyl sites for hydroxylation is 1. The van der Waals surface area contributed by atoms with Gasteiger partial charge in [-0.25, -0.2) is 4.98 Å². The molecular formula is C21H25N5O2. The number of hydrogen-bond acceptors (Lipinski definition) is 4. The van der Waals surface area contributed by atoms with Gasteiger partial charge < -0.3 is 20.1 Å². The smallest absolute Gasteiger partial charge is 0.262 e. The van der Waals surface area contributed by atoms with E-state index in [1.807, 2.05) is 35.1 Å². The molecule has 0 spiro atoms. The summed E-state index contributed by atoms with van der Waals surface area (Å²) in [5, 5.41) is 4.50. The Bertz CT molecular complexity index is 1170. The molecule has 0 radical (unpaired) electrons. The monoisotopic (exact) mass is 379 g/mol. The number of rotatable bonds is 7. The third-order valence-corrected chi connectivity index (χ3v) is 5.15. The van der Waals surface area contributed by atoms with E-state index in [0.29, 0.717) is 23.1 Å². The number of nitrogen functional groups attached to an aromatic ring is 1. The van der Waals surface area contributed by atoms with Crippen molar-refractivity contribution in [3.05, 3.63) is 52.6 Å². The Morgan fingerprint density at radius 1 is 1.21 bits per heavy atom. The molecule has 0 aliphatic heterocycles. The predicted molar refractivity (Wildman–Crippen MR) is 112 cm³/mol. The summed E-state index contributed by atoms with van der Waals surface area (Å²) in [6, 6.07) is 7.68. The van der Waals surface area contributed by atoms with E-state index < -0.39 is 0 Å². The molecule has 7 heteroatoms. The van der Waals surface area contributed by atoms with Gasteiger partial charge in [-0.15, -0.1) is 0 Å². The molecule has 0 atom stereocenters. The highest BCUT2D eigenvalue weighted by Crippen LogP contribution is 2.27. The maximum absolute atomic E-state index is 12.9. The normalized spacial score (nSPS) is 11.5. The second-order valence-electron chi connectivity index (χ2n) is 7.07. The summed E-state index contributed by atoms with van der Waals surface area (Å²) in [5.74, 6) is 0.789. The molecule has 0 unspecified atom stereocenters. The SMILES string of the molecule is CCCCCn1[nH]cc2c(N)c3c(=O)n(Cc4ccc(OC)cc4)cc3nc21. The number of aromatic amines is 1. The summed E-state index contributed by atoms with van der Waals surface area (Å²) < 4.78 is 8.86. The summed E-state index contributed by atoms with van der Waals surface area (Å²) in [6.45, 7) is 3.50. The number of methoxy groups -OCH3 is 1. The molecule has 4 rings (SSSR count). The van der Waals surface area contributed by atoms with Crippen LogP contribution in [-0.2, 0) is 13.1 Å². The minimum absolute atomic E-state index is 0.114. The highest BCUT2D eigenvalue weighted by atomic mass is 16.5. The van der Waals surface area contributed by atoms with E-state index in [9.17, 15) is 4.79 Å². The van der Waals surface area contributed by atoms with E-state index in [0.717, 1.165) is 48.2 Å². The fraction of sp³-hybridized carbons (Fsp3) is 0.333. The Balaban J connectivity index is 1.73. The standard InChI is InChI=1S/C21H25N5O2/c1-3-4-5-10-26-20-16(11-23-26)19(22)18-17(24-20)13-25(21(18)27)12-14-6-8-15(28-2)9-7-14/h6-9,11,13,23H,3-5,10,12,22H2,1-2H3. The first-order chi connectivity index (χ1) is 13.6. The van der Waals surface area contributed by atoms with Gasteiger partial charge in [0.05, 0.1) is 35.6 Å². The van der Waals surface area contributed by atoms with Crippen molar-refractivity contribution in [3.63, 3.8) is 0 Å². The van der Waals surface area contributed by atoms with E-state index in [2.05, 4.69) is 12.0 Å². The lowest BCUT2D eigenvalue weighted by Crippen LogP contribution is -2.15. The fourth-order valence-corrected chi connectivity index (χ4v) is 3.58. The molecule has 3 heterocycles. The van der Waals surface area contributed by atoms with E-state index >= 15 is 0 Å². The number of nitrogens with zero attached hydrogens (tertiary/aromatic N) is 3. The number of unbranched alkanes of at least 4 members (excludes halogenated alkanes) is 2. The zero-order chi connectivity index (χ0) is 19.7. The van der Waals surface area contributed by atoms with Crippen molar-refractivity contribution in [1.82, 2.24) is 19.3 Å². The van der Waals surface area contributed by atoms with Crippen LogP contribution in [0.25, 0.3) is 21.9 Å². The van der Waals surface area contributed by atoms with Gasteiger partial charge in [-0.05, 0) is 24.1 Å². The quantitative estimate of drug-likeness (QED) is 0.481. The van der Waals surface area contributed by atoms with Crippen LogP contribution in [0.5, 0.6) is 5.75 Å². The topological polar surface area (TPSA) is 90.9 Å². The summed E-state index contributed by atoms with van der Waals surface area (Å²) >= 11 is 0. The zero-order valence-corrected chi connectivity index (χ0v) is 16.2. The van der Waals surface area contributed by atoms with Gasteiger partial charge in [0, 0.05) is 18.9 Å². The van der Waals surface area contributed by atoms with Crippen molar-refractivity contribution in [2.45, 2.75) is 39.3 Å². The van der Waals surface area contributed by atoms with Crippen LogP contribution >= 0.6 is 0 Å². The third kappa shape index (κ3) is 3.13. The van der Waals surface area contributed by atoms with Crippen molar-refractivity contribution in [1.29, 1.82) is 0 Å². The number of nitrogens with one attached hydrogen (secondary N) is 1. The number of ether oxygens (including phenoxy) is 1. The van der Waals surface area contributed by atoms with Crippen LogP contribution in [0.2, 0.25) is 0 Å². The lowest BCUT2D eigenvalue weighted by molar-refractivity contribution is 0.414. The zero-order valence-electron chi connectivity index (χ0n) is 16.2. The summed E-state index contributed by atoms with van der Waals surface area (Å²) in [6.07, 6.45) is 7.02. The average Bonchev–Trinajstić information content (AvgIpc) is 3.25. The van der Waals surface area contributed by atoms with Crippen LogP contribution in [0.4, 0.5) is 5.69 Å². The first-order valence-electron chi connectivity index (χ1n) is 9.61. The molecular weight excluding hydrogens is 354 g/mol. The molecule has 0 aliphatic rings. The maximum Gasteiger partial charge on any atom is 0.262 e. The van der Waals surface area contributed by atoms with Crippen molar-refractivity contribution < 1.29 is 4.74 Å². The highest BCUT2D eigenvalue weighted by Gasteiger charge is 2.16. The van der Waals surface area contributed by atoms with Gasteiger partial charge in [0.1, 0.15) is 5.75 Å². The Labute approximate surface area is 162 Å². The second kappa shape index (κ2) is 7.42. The largest absolute Gasteiger partial charge is 0.497 e. The first-order valence-corrected chi connectivity index (χ1v) is 9.61. The van der Waals surface area contributed by atoms with Gasteiger partial charge >= 0.3 is 0 Å². The van der Waals surface area contributed by atoms with Gasteiger partial charge in [-0.2, -0.15) is 0 Å². The molecule has 0 bridgehead atoms. The molecule has 1 aromatic carbocycles. The predicted octanol–water partition coefficient (Wildman–Crippen LogP) is 3.51. The number of nitrogens with two attached hydrogens (primary N) is 1. The van der Waals surface area contributed by atoms with Crippen molar-refractivity contribution in [2.24, 2.45) is 0 Å². The van der Waals surface area contributed by atoms with E-state index in [-0.39, 0.29) is 5.56 Å². The minimum Gasteiger partial charge on any atom is -0.497 e. The van der Waals surface area contributed by atoms with E-state index in [1.165, 1.54) is 0 Å². The van der Waals surface area contributed by atoms with Gasteiger partial charge in [0.15, 0.2) is 5.65 Å². The molecule has 0 aliphatic carbocycles. The molecule has 0 amide bonds. The van der Waals surface area contributed by atoms with Crippen LogP contribution in [0.1, 0.15) is 31.7 Å². The van der Waals surface area contributed by atoms with Crippen LogP contribution in [0.3, 0.4) is 0 Å². The Morgan fingerprint density at radius 2 is 2.00 bits per heavy atom. The molecule has 146 valence electrons. The molecule has 4 aromatic rings. The molecule has 3 N–H and O–H groups in total. The molecule has 0 saturated carbocycles. The Kier molecular flexibility index (Phi) is 4.81. The lowest BCUT2D eigenvalue weighted by atomic mass is 10.2. The first kappa shape index (κ1) is 18.2. The summed E-state index contributed by atoms with van der Waals surface area (Å²) in [7, 11) is 1.63. The van der Waals surface area contributed by atoms with Gasteiger partial charge in [0.25, 0.3) is 5.56 Å². The van der Waals surface area contributed by atoms with Crippen LogP contribution < -0.4 is 16.0 Å². The molecule has 7 nitrogen and oxygen atoms in total. The number of aromatic nitrogens is 4. The maximum atomic E-state index is 12.9. The van der Waals surface area contributed by atoms with Gasteiger partial charge in [-0.1, -0.05) is 31.9 Å². The average molecular weight is 379 g/mol. The molecule has 28 heavy (non-hydrogen) atoms. The van der Waals surface area contributed by atoms with E-state index in [1.54, 1.807) is 17.9 Å². The molecule has 0 saturated heterocycles. The van der Waals surface area contributed by atoms with Gasteiger partial charge in [-0.3, -0.25) is 9.48 Å². The Morgan fingerprint density at radius 3 is 2.71 bits per heavy atom. The third-order valence-electron chi connectivity index (χ3n) is 5.15. The van der Waals surface area contributed by atoms with Crippen molar-refractivity contribution in [3.8, 4) is 5.75 Å². The summed E-state index contributed by atoms with van der Waals surface area (Å²) in [5.41, 5.74) is 9.18. The summed E-state index contributed by atoms with van der Waals surface area (Å²) in [4.78, 5) is 17.7. The van der Waals surface area contributed by atoms with Gasteiger partial charge in [0.2, 0.25) is 0 Å². The van der Waals surface area contributed by atoms with Crippen molar-refractivity contribution >= 4 is 27.6 Å². The lowest BCUT2D eigenvalue weighted by Gasteiger charge is -2.04.